The monoisotopic (exact) mass is 234 g/mol. The van der Waals surface area contributed by atoms with Crippen molar-refractivity contribution in [3.63, 3.8) is 0 Å². The minimum absolute atomic E-state index is 1.31. The molecule has 3 N–H and O–H groups in total. The number of rotatable bonds is 0. The van der Waals surface area contributed by atoms with E-state index in [2.05, 4.69) is 42.1 Å². The Bertz CT molecular complexity index is 271. The van der Waals surface area contributed by atoms with Gasteiger partial charge in [-0.2, -0.15) is 0 Å². The first kappa shape index (κ1) is 14.0. The molecule has 14 heavy (non-hydrogen) atoms. The van der Waals surface area contributed by atoms with Crippen LogP contribution in [0.2, 0.25) is 0 Å². The average Bonchev–Trinajstić information content (AvgIpc) is 2.07. The molecule has 0 aliphatic heterocycles. The van der Waals surface area contributed by atoms with Crippen molar-refractivity contribution >= 4 is 23.1 Å². The first-order chi connectivity index (χ1) is 6.36. The van der Waals surface area contributed by atoms with Gasteiger partial charge < -0.3 is 14.7 Å². The van der Waals surface area contributed by atoms with Gasteiger partial charge >= 0.3 is 8.60 Å². The molecule has 0 amide bonds. The number of aryl methyl sites for hydroxylation is 1. The van der Waals surface area contributed by atoms with E-state index in [-0.39, 0.29) is 0 Å². The van der Waals surface area contributed by atoms with E-state index in [1.54, 1.807) is 0 Å². The van der Waals surface area contributed by atoms with E-state index >= 15 is 0 Å². The van der Waals surface area contributed by atoms with Crippen LogP contribution in [0.4, 0.5) is 0 Å². The highest BCUT2D eigenvalue weighted by Crippen LogP contribution is 2.11. The lowest BCUT2D eigenvalue weighted by molar-refractivity contribution is 0.368. The summed E-state index contributed by atoms with van der Waals surface area (Å²) in [7, 11) is 0.123. The number of hydrogen-bond donors (Lipinski definition) is 3. The quantitative estimate of drug-likeness (QED) is 0.593. The zero-order valence-corrected chi connectivity index (χ0v) is 10.6. The molecule has 0 saturated carbocycles. The van der Waals surface area contributed by atoms with Crippen molar-refractivity contribution in [2.75, 3.05) is 0 Å². The van der Waals surface area contributed by atoms with Gasteiger partial charge in [0, 0.05) is 0 Å². The predicted octanol–water partition coefficient (Wildman–Crippen LogP) is 1.30. The van der Waals surface area contributed by atoms with Crippen LogP contribution < -0.4 is 5.30 Å². The van der Waals surface area contributed by atoms with E-state index in [0.717, 1.165) is 0 Å². The molecule has 5 heteroatoms. The average molecular weight is 234 g/mol. The highest BCUT2D eigenvalue weighted by molar-refractivity contribution is 7.38. The summed E-state index contributed by atoms with van der Waals surface area (Å²) < 4.78 is 0. The largest absolute Gasteiger partial charge is 0.328 e. The molecule has 1 aromatic rings. The molecular weight excluding hydrogens is 218 g/mol. The molecule has 0 bridgehead atoms. The molecule has 1 aromatic carbocycles. The molecule has 1 unspecified atom stereocenters. The second-order valence-corrected chi connectivity index (χ2v) is 4.15. The van der Waals surface area contributed by atoms with Crippen LogP contribution in [-0.4, -0.2) is 14.7 Å². The zero-order chi connectivity index (χ0) is 11.3. The molecule has 0 heterocycles. The van der Waals surface area contributed by atoms with Crippen LogP contribution in [0.3, 0.4) is 0 Å². The maximum absolute atomic E-state index is 7.23. The number of hydrogen-bond acceptors (Lipinski definition) is 3. The molecule has 0 radical (unpaired) electrons. The van der Waals surface area contributed by atoms with Crippen molar-refractivity contribution in [2.24, 2.45) is 0 Å². The highest BCUT2D eigenvalue weighted by Gasteiger charge is 1.97. The Morgan fingerprint density at radius 2 is 1.43 bits per heavy atom. The van der Waals surface area contributed by atoms with Crippen molar-refractivity contribution in [3.8, 4) is 0 Å². The topological polar surface area (TPSA) is 60.7 Å². The third-order valence-electron chi connectivity index (χ3n) is 2.10. The molecule has 0 spiro atoms. The van der Waals surface area contributed by atoms with Gasteiger partial charge in [0.1, 0.15) is 0 Å². The third kappa shape index (κ3) is 4.99. The number of benzene rings is 1. The van der Waals surface area contributed by atoms with Gasteiger partial charge in [-0.1, -0.05) is 12.1 Å². The normalized spacial score (nSPS) is 9.71. The fourth-order valence-corrected chi connectivity index (χ4v) is 1.29. The molecule has 0 aromatic heterocycles. The van der Waals surface area contributed by atoms with Gasteiger partial charge in [-0.25, -0.2) is 0 Å². The fraction of sp³-hybridized carbons (Fsp3) is 0.333. The molecule has 0 aliphatic rings. The Morgan fingerprint density at radius 1 is 1.00 bits per heavy atom. The van der Waals surface area contributed by atoms with Crippen molar-refractivity contribution in [3.05, 3.63) is 28.8 Å². The van der Waals surface area contributed by atoms with Gasteiger partial charge in [-0.05, 0) is 42.8 Å². The standard InChI is InChI=1S/C9H13P.H3O3P/c1-6-4-5-9(10)8(3)7(6)2;1-4(2)3/h4-5H,10H2,1-3H3;1-3H. The summed E-state index contributed by atoms with van der Waals surface area (Å²) in [5, 5.41) is 1.31. The van der Waals surface area contributed by atoms with Crippen LogP contribution in [0.15, 0.2) is 12.1 Å². The van der Waals surface area contributed by atoms with Gasteiger partial charge in [0.2, 0.25) is 0 Å². The zero-order valence-electron chi connectivity index (χ0n) is 8.52. The Hall–Kier alpha value is -0.0400. The van der Waals surface area contributed by atoms with Crippen LogP contribution in [0.5, 0.6) is 0 Å². The van der Waals surface area contributed by atoms with E-state index in [0.29, 0.717) is 0 Å². The molecule has 1 rings (SSSR count). The van der Waals surface area contributed by atoms with Crippen molar-refractivity contribution in [2.45, 2.75) is 20.8 Å². The van der Waals surface area contributed by atoms with E-state index in [1.807, 2.05) is 0 Å². The van der Waals surface area contributed by atoms with Gasteiger partial charge in [0.05, 0.1) is 0 Å². The van der Waals surface area contributed by atoms with E-state index in [1.165, 1.54) is 22.0 Å². The van der Waals surface area contributed by atoms with E-state index in [4.69, 9.17) is 14.7 Å². The summed E-state index contributed by atoms with van der Waals surface area (Å²) in [6.45, 7) is 6.47. The van der Waals surface area contributed by atoms with E-state index in [9.17, 15) is 0 Å². The molecular formula is C9H16O3P2. The van der Waals surface area contributed by atoms with Crippen LogP contribution in [0, 0.1) is 20.8 Å². The lowest BCUT2D eigenvalue weighted by atomic mass is 10.1. The Morgan fingerprint density at radius 3 is 1.79 bits per heavy atom. The first-order valence-electron chi connectivity index (χ1n) is 4.05. The van der Waals surface area contributed by atoms with Crippen LogP contribution in [0.25, 0.3) is 0 Å². The minimum Gasteiger partial charge on any atom is -0.328 e. The maximum Gasteiger partial charge on any atom is 0.324 e. The second-order valence-electron chi connectivity index (χ2n) is 2.99. The summed E-state index contributed by atoms with van der Waals surface area (Å²) in [5.74, 6) is 0. The van der Waals surface area contributed by atoms with Crippen molar-refractivity contribution in [1.82, 2.24) is 0 Å². The Balaban J connectivity index is 0.000000364. The second kappa shape index (κ2) is 6.44. The SMILES string of the molecule is Cc1ccc(P)c(C)c1C.OP(O)O. The predicted molar refractivity (Wildman–Crippen MR) is 63.6 cm³/mol. The molecule has 0 saturated heterocycles. The molecule has 3 nitrogen and oxygen atoms in total. The van der Waals surface area contributed by atoms with Crippen LogP contribution in [0.1, 0.15) is 16.7 Å². The smallest absolute Gasteiger partial charge is 0.324 e. The Kier molecular flexibility index (Phi) is 6.43. The highest BCUT2D eigenvalue weighted by atomic mass is 31.2. The van der Waals surface area contributed by atoms with Gasteiger partial charge in [-0.3, -0.25) is 0 Å². The minimum atomic E-state index is -2.62. The molecule has 0 fully saturated rings. The summed E-state index contributed by atoms with van der Waals surface area (Å²) >= 11 is 0. The molecule has 0 aliphatic carbocycles. The summed E-state index contributed by atoms with van der Waals surface area (Å²) in [5.41, 5.74) is 4.18. The first-order valence-corrected chi connectivity index (χ1v) is 5.83. The summed E-state index contributed by atoms with van der Waals surface area (Å²) in [6.07, 6.45) is 0. The van der Waals surface area contributed by atoms with Gasteiger partial charge in [0.15, 0.2) is 0 Å². The van der Waals surface area contributed by atoms with E-state index < -0.39 is 8.60 Å². The third-order valence-corrected chi connectivity index (χ3v) is 2.73. The van der Waals surface area contributed by atoms with Crippen molar-refractivity contribution in [1.29, 1.82) is 0 Å². The Labute approximate surface area is 88.0 Å². The van der Waals surface area contributed by atoms with Crippen molar-refractivity contribution < 1.29 is 14.7 Å². The lowest BCUT2D eigenvalue weighted by Gasteiger charge is -2.05. The van der Waals surface area contributed by atoms with Gasteiger partial charge in [0.25, 0.3) is 0 Å². The van der Waals surface area contributed by atoms with Crippen LogP contribution in [-0.2, 0) is 0 Å². The molecule has 1 atom stereocenters. The lowest BCUT2D eigenvalue weighted by Crippen LogP contribution is -2.00. The summed E-state index contributed by atoms with van der Waals surface area (Å²) in [4.78, 5) is 21.7. The summed E-state index contributed by atoms with van der Waals surface area (Å²) in [6, 6.07) is 4.30. The van der Waals surface area contributed by atoms with Crippen LogP contribution >= 0.6 is 17.8 Å². The van der Waals surface area contributed by atoms with Gasteiger partial charge in [-0.15, -0.1) is 9.24 Å². The fourth-order valence-electron chi connectivity index (χ4n) is 0.977. The maximum atomic E-state index is 7.23. The molecule has 80 valence electrons.